The number of ketones is 1. The van der Waals surface area contributed by atoms with Crippen molar-refractivity contribution < 1.29 is 40.3 Å². The van der Waals surface area contributed by atoms with E-state index in [1.54, 1.807) is 12.1 Å². The van der Waals surface area contributed by atoms with Crippen molar-refractivity contribution in [3.63, 3.8) is 0 Å². The van der Waals surface area contributed by atoms with Crippen LogP contribution in [0.5, 0.6) is 0 Å². The van der Waals surface area contributed by atoms with Crippen LogP contribution < -0.4 is 4.72 Å². The lowest BCUT2D eigenvalue weighted by Gasteiger charge is -2.12. The average Bonchev–Trinajstić information content (AvgIpc) is 3.39. The summed E-state index contributed by atoms with van der Waals surface area (Å²) in [7, 11) is -3.86. The van der Waals surface area contributed by atoms with E-state index < -0.39 is 41.1 Å². The Hall–Kier alpha value is -3.38. The number of esters is 1. The quantitative estimate of drug-likeness (QED) is 0.355. The van der Waals surface area contributed by atoms with Crippen molar-refractivity contribution >= 4 is 21.8 Å². The van der Waals surface area contributed by atoms with Gasteiger partial charge in [0.2, 0.25) is 15.8 Å². The molecule has 1 aromatic carbocycles. The van der Waals surface area contributed by atoms with Gasteiger partial charge in [0.15, 0.2) is 6.61 Å². The average molecular weight is 498 g/mol. The molecule has 1 N–H and O–H groups in total. The summed E-state index contributed by atoms with van der Waals surface area (Å²) in [5.74, 6) is -1.12. The lowest BCUT2D eigenvalue weighted by molar-refractivity contribution is -0.141. The molecule has 0 aliphatic carbocycles. The van der Waals surface area contributed by atoms with Crippen molar-refractivity contribution in [1.82, 2.24) is 9.29 Å². The molecular formula is C22H21F3N2O6S. The fourth-order valence-electron chi connectivity index (χ4n) is 3.23. The number of carbonyl (C=O) groups is 2. The second-order valence-corrected chi connectivity index (χ2v) is 9.18. The first-order valence-corrected chi connectivity index (χ1v) is 11.4. The summed E-state index contributed by atoms with van der Waals surface area (Å²) in [6.45, 7) is 0.863. The first kappa shape index (κ1) is 25.2. The third-order valence-electron chi connectivity index (χ3n) is 4.96. The van der Waals surface area contributed by atoms with Gasteiger partial charge in [0, 0.05) is 17.0 Å². The highest BCUT2D eigenvalue weighted by atomic mass is 32.2. The number of carbonyl (C=O) groups excluding carboxylic acids is 2. The van der Waals surface area contributed by atoms with Gasteiger partial charge in [0.1, 0.15) is 12.3 Å². The van der Waals surface area contributed by atoms with Crippen LogP contribution >= 0.6 is 0 Å². The molecule has 0 saturated carbocycles. The Morgan fingerprint density at radius 3 is 2.38 bits per heavy atom. The number of halogens is 3. The smallest absolute Gasteiger partial charge is 0.406 e. The molecule has 8 nitrogen and oxygen atoms in total. The maximum Gasteiger partial charge on any atom is 0.406 e. The van der Waals surface area contributed by atoms with Crippen LogP contribution in [0.2, 0.25) is 0 Å². The van der Waals surface area contributed by atoms with Crippen molar-refractivity contribution in [2.24, 2.45) is 0 Å². The van der Waals surface area contributed by atoms with E-state index in [9.17, 15) is 31.2 Å². The van der Waals surface area contributed by atoms with Gasteiger partial charge in [-0.3, -0.25) is 4.79 Å². The summed E-state index contributed by atoms with van der Waals surface area (Å²) in [6, 6.07) is 9.40. The number of nitrogens with zero attached hydrogens (tertiary/aromatic N) is 1. The number of benzene rings is 1. The lowest BCUT2D eigenvalue weighted by Crippen LogP contribution is -2.23. The van der Waals surface area contributed by atoms with Gasteiger partial charge in [-0.25, -0.2) is 17.9 Å². The van der Waals surface area contributed by atoms with Crippen LogP contribution in [-0.2, 0) is 27.8 Å². The van der Waals surface area contributed by atoms with Gasteiger partial charge in [-0.2, -0.15) is 13.2 Å². The zero-order chi connectivity index (χ0) is 25.1. The molecular weight excluding hydrogens is 477 g/mol. The second-order valence-electron chi connectivity index (χ2n) is 7.41. The Morgan fingerprint density at radius 1 is 1.12 bits per heavy atom. The molecule has 0 amide bonds. The molecule has 12 heteroatoms. The molecule has 2 aromatic heterocycles. The highest BCUT2D eigenvalue weighted by molar-refractivity contribution is 7.89. The van der Waals surface area contributed by atoms with Crippen LogP contribution in [0.1, 0.15) is 37.9 Å². The first-order valence-electron chi connectivity index (χ1n) is 9.93. The number of Topliss-reactive ketones (excluding diaryl/α,β-unsaturated/α-hetero) is 1. The van der Waals surface area contributed by atoms with Gasteiger partial charge < -0.3 is 13.7 Å². The zero-order valence-electron chi connectivity index (χ0n) is 18.2. The van der Waals surface area contributed by atoms with Crippen molar-refractivity contribution in [1.29, 1.82) is 0 Å². The molecule has 0 aliphatic rings. The van der Waals surface area contributed by atoms with E-state index in [1.165, 1.54) is 50.4 Å². The molecule has 0 atom stereocenters. The molecule has 0 saturated heterocycles. The predicted molar refractivity (Wildman–Crippen MR) is 114 cm³/mol. The summed E-state index contributed by atoms with van der Waals surface area (Å²) in [5, 5.41) is 0. The van der Waals surface area contributed by atoms with Crippen LogP contribution in [0, 0.1) is 13.8 Å². The largest absolute Gasteiger partial charge is 0.468 e. The van der Waals surface area contributed by atoms with Crippen LogP contribution in [0.4, 0.5) is 13.2 Å². The van der Waals surface area contributed by atoms with Gasteiger partial charge in [-0.1, -0.05) is 0 Å². The third kappa shape index (κ3) is 6.14. The van der Waals surface area contributed by atoms with Gasteiger partial charge in [-0.05, 0) is 56.3 Å². The van der Waals surface area contributed by atoms with E-state index in [0.29, 0.717) is 5.76 Å². The van der Waals surface area contributed by atoms with Gasteiger partial charge in [0.25, 0.3) is 0 Å². The Balaban J connectivity index is 1.61. The highest BCUT2D eigenvalue weighted by Gasteiger charge is 2.30. The number of aromatic nitrogens is 1. The Kier molecular flexibility index (Phi) is 7.32. The van der Waals surface area contributed by atoms with E-state index in [2.05, 4.69) is 4.72 Å². The number of alkyl halides is 3. The van der Waals surface area contributed by atoms with Gasteiger partial charge >= 0.3 is 12.1 Å². The predicted octanol–water partition coefficient (Wildman–Crippen LogP) is 3.78. The second kappa shape index (κ2) is 9.85. The number of rotatable bonds is 9. The van der Waals surface area contributed by atoms with E-state index in [0.717, 1.165) is 4.57 Å². The SMILES string of the molecule is Cc1cc(C(=O)COC(=O)c2ccc(S(=O)(=O)NCc3ccco3)cc2)c(C)n1CC(F)(F)F. The van der Waals surface area contributed by atoms with E-state index >= 15 is 0 Å². The molecule has 0 aliphatic heterocycles. The molecule has 0 radical (unpaired) electrons. The van der Waals surface area contributed by atoms with Crippen molar-refractivity contribution in [2.45, 2.75) is 38.0 Å². The fourth-order valence-corrected chi connectivity index (χ4v) is 4.22. The molecule has 34 heavy (non-hydrogen) atoms. The Morgan fingerprint density at radius 2 is 1.79 bits per heavy atom. The summed E-state index contributed by atoms with van der Waals surface area (Å²) >= 11 is 0. The van der Waals surface area contributed by atoms with Crippen molar-refractivity contribution in [2.75, 3.05) is 6.61 Å². The van der Waals surface area contributed by atoms with E-state index in [-0.39, 0.29) is 34.0 Å². The summed E-state index contributed by atoms with van der Waals surface area (Å²) in [4.78, 5) is 24.6. The van der Waals surface area contributed by atoms with Crippen molar-refractivity contribution in [3.8, 4) is 0 Å². The van der Waals surface area contributed by atoms with Gasteiger partial charge in [0.05, 0.1) is 23.3 Å². The summed E-state index contributed by atoms with van der Waals surface area (Å²) in [6.07, 6.45) is -3.04. The molecule has 0 bridgehead atoms. The number of furan rings is 1. The Bertz CT molecular complexity index is 1280. The summed E-state index contributed by atoms with van der Waals surface area (Å²) < 4.78 is 76.3. The maximum atomic E-state index is 12.7. The molecule has 0 spiro atoms. The molecule has 0 fully saturated rings. The zero-order valence-corrected chi connectivity index (χ0v) is 19.0. The molecule has 2 heterocycles. The molecule has 182 valence electrons. The number of hydrogen-bond acceptors (Lipinski definition) is 6. The number of ether oxygens (including phenoxy) is 1. The van der Waals surface area contributed by atoms with Gasteiger partial charge in [-0.15, -0.1) is 0 Å². The number of nitrogens with one attached hydrogen (secondary N) is 1. The molecule has 3 rings (SSSR count). The number of sulfonamides is 1. The molecule has 0 unspecified atom stereocenters. The van der Waals surface area contributed by atoms with Crippen LogP contribution in [0.25, 0.3) is 0 Å². The minimum atomic E-state index is -4.45. The standard InChI is InChI=1S/C22H21F3N2O6S/c1-14-10-19(15(2)27(14)13-22(23,24)25)20(28)12-33-21(29)16-5-7-18(8-6-16)34(30,31)26-11-17-4-3-9-32-17/h3-10,26H,11-13H2,1-2H3. The minimum Gasteiger partial charge on any atom is -0.468 e. The number of hydrogen-bond donors (Lipinski definition) is 1. The van der Waals surface area contributed by atoms with Crippen LogP contribution in [-0.4, -0.2) is 37.5 Å². The monoisotopic (exact) mass is 498 g/mol. The highest BCUT2D eigenvalue weighted by Crippen LogP contribution is 2.23. The van der Waals surface area contributed by atoms with Crippen molar-refractivity contribution in [3.05, 3.63) is 77.0 Å². The normalized spacial score (nSPS) is 12.0. The van der Waals surface area contributed by atoms with E-state index in [1.807, 2.05) is 0 Å². The first-order chi connectivity index (χ1) is 15.9. The van der Waals surface area contributed by atoms with E-state index in [4.69, 9.17) is 9.15 Å². The summed E-state index contributed by atoms with van der Waals surface area (Å²) in [5.41, 5.74) is 0.397. The minimum absolute atomic E-state index is 0.000304. The molecule has 3 aromatic rings. The van der Waals surface area contributed by atoms with Crippen LogP contribution in [0.15, 0.2) is 58.0 Å². The maximum absolute atomic E-state index is 12.7. The topological polar surface area (TPSA) is 108 Å². The Labute approximate surface area is 193 Å². The van der Waals surface area contributed by atoms with Crippen LogP contribution in [0.3, 0.4) is 0 Å². The lowest BCUT2D eigenvalue weighted by atomic mass is 10.1. The fraction of sp³-hybridized carbons (Fsp3) is 0.273. The third-order valence-corrected chi connectivity index (χ3v) is 6.38. The number of aryl methyl sites for hydroxylation is 1.